The molecule has 6 nitrogen and oxygen atoms in total. The lowest BCUT2D eigenvalue weighted by molar-refractivity contribution is 0.101. The van der Waals surface area contributed by atoms with Crippen LogP contribution in [0.5, 0.6) is 11.5 Å². The van der Waals surface area contributed by atoms with Crippen molar-refractivity contribution < 1.29 is 19.1 Å². The van der Waals surface area contributed by atoms with Crippen molar-refractivity contribution in [2.24, 2.45) is 0 Å². The summed E-state index contributed by atoms with van der Waals surface area (Å²) in [7, 11) is 3.04. The Bertz CT molecular complexity index is 1260. The minimum atomic E-state index is -0.272. The molecule has 0 aliphatic carbocycles. The quantitative estimate of drug-likeness (QED) is 0.447. The lowest BCUT2D eigenvalue weighted by Crippen LogP contribution is -2.07. The van der Waals surface area contributed by atoms with Crippen LogP contribution in [0.15, 0.2) is 67.0 Å². The number of ether oxygens (including phenoxy) is 2. The number of carbonyl (C=O) groups excluding carboxylic acids is 2. The Morgan fingerprint density at radius 3 is 2.33 bits per heavy atom. The predicted octanol–water partition coefficient (Wildman–Crippen LogP) is 4.45. The zero-order valence-electron chi connectivity index (χ0n) is 16.9. The standard InChI is InChI=1S/C24H20N2O4/c1-15(27)19-12-22(24(28)18-10-9-17(29-2)11-23(18)30-3)26-14-25-20(13-21(19)26)16-7-5-4-6-8-16/h4-14H,1-3H3. The first-order valence-corrected chi connectivity index (χ1v) is 9.37. The lowest BCUT2D eigenvalue weighted by Gasteiger charge is -2.10. The van der Waals surface area contributed by atoms with Gasteiger partial charge < -0.3 is 9.47 Å². The number of aromatic nitrogens is 2. The van der Waals surface area contributed by atoms with Crippen molar-refractivity contribution in [1.29, 1.82) is 0 Å². The van der Waals surface area contributed by atoms with Crippen molar-refractivity contribution >= 4 is 17.1 Å². The molecule has 0 unspecified atom stereocenters. The van der Waals surface area contributed by atoms with E-state index in [0.717, 1.165) is 11.3 Å². The van der Waals surface area contributed by atoms with E-state index < -0.39 is 0 Å². The topological polar surface area (TPSA) is 69.9 Å². The van der Waals surface area contributed by atoms with Gasteiger partial charge in [-0.1, -0.05) is 30.3 Å². The van der Waals surface area contributed by atoms with E-state index in [1.807, 2.05) is 36.4 Å². The maximum absolute atomic E-state index is 13.3. The average molecular weight is 400 g/mol. The fraction of sp³-hybridized carbons (Fsp3) is 0.125. The Hall–Kier alpha value is -3.93. The third-order valence-electron chi connectivity index (χ3n) is 5.00. The molecule has 2 aromatic heterocycles. The van der Waals surface area contributed by atoms with E-state index in [2.05, 4.69) is 4.98 Å². The third-order valence-corrected chi connectivity index (χ3v) is 5.00. The first kappa shape index (κ1) is 19.4. The minimum absolute atomic E-state index is 0.126. The Morgan fingerprint density at radius 1 is 0.900 bits per heavy atom. The van der Waals surface area contributed by atoms with Gasteiger partial charge >= 0.3 is 0 Å². The summed E-state index contributed by atoms with van der Waals surface area (Å²) < 4.78 is 12.2. The highest BCUT2D eigenvalue weighted by molar-refractivity contribution is 6.13. The highest BCUT2D eigenvalue weighted by Crippen LogP contribution is 2.29. The largest absolute Gasteiger partial charge is 0.497 e. The summed E-state index contributed by atoms with van der Waals surface area (Å²) in [6.45, 7) is 1.49. The molecule has 0 radical (unpaired) electrons. The number of fused-ring (bicyclic) bond motifs is 1. The van der Waals surface area contributed by atoms with Gasteiger partial charge in [-0.05, 0) is 31.2 Å². The summed E-state index contributed by atoms with van der Waals surface area (Å²) in [6, 6.07) is 18.1. The molecule has 2 heterocycles. The summed E-state index contributed by atoms with van der Waals surface area (Å²) in [6.07, 6.45) is 1.58. The minimum Gasteiger partial charge on any atom is -0.497 e. The van der Waals surface area contributed by atoms with Gasteiger partial charge in [-0.3, -0.25) is 14.0 Å². The van der Waals surface area contributed by atoms with Gasteiger partial charge in [-0.15, -0.1) is 0 Å². The van der Waals surface area contributed by atoms with E-state index in [4.69, 9.17) is 9.47 Å². The summed E-state index contributed by atoms with van der Waals surface area (Å²) in [5, 5.41) is 0. The molecule has 0 bridgehead atoms. The Labute approximate surface area is 173 Å². The number of rotatable bonds is 6. The predicted molar refractivity (Wildman–Crippen MR) is 114 cm³/mol. The zero-order chi connectivity index (χ0) is 21.3. The Morgan fingerprint density at radius 2 is 1.67 bits per heavy atom. The van der Waals surface area contributed by atoms with Crippen LogP contribution in [0.25, 0.3) is 16.8 Å². The van der Waals surface area contributed by atoms with E-state index in [9.17, 15) is 9.59 Å². The summed E-state index contributed by atoms with van der Waals surface area (Å²) in [5.41, 5.74) is 3.47. The van der Waals surface area contributed by atoms with Crippen molar-refractivity contribution in [3.05, 3.63) is 83.8 Å². The van der Waals surface area contributed by atoms with Crippen LogP contribution in [-0.2, 0) is 0 Å². The number of benzene rings is 2. The normalized spacial score (nSPS) is 10.8. The van der Waals surface area contributed by atoms with Gasteiger partial charge in [0.15, 0.2) is 5.78 Å². The average Bonchev–Trinajstić information content (AvgIpc) is 3.18. The van der Waals surface area contributed by atoms with Gasteiger partial charge in [-0.25, -0.2) is 4.98 Å². The van der Waals surface area contributed by atoms with Gasteiger partial charge in [0.1, 0.15) is 17.8 Å². The van der Waals surface area contributed by atoms with Crippen LogP contribution in [0.1, 0.15) is 33.3 Å². The van der Waals surface area contributed by atoms with Crippen molar-refractivity contribution in [2.45, 2.75) is 6.92 Å². The van der Waals surface area contributed by atoms with Gasteiger partial charge in [0.05, 0.1) is 36.7 Å². The molecule has 30 heavy (non-hydrogen) atoms. The SMILES string of the molecule is COc1ccc(C(=O)c2cc(C(C)=O)c3cc(-c4ccccc4)ncn23)c(OC)c1. The molecule has 0 amide bonds. The molecule has 4 rings (SSSR count). The first-order valence-electron chi connectivity index (χ1n) is 9.37. The van der Waals surface area contributed by atoms with E-state index >= 15 is 0 Å². The van der Waals surface area contributed by atoms with Crippen LogP contribution in [0.2, 0.25) is 0 Å². The number of Topliss-reactive ketones (excluding diaryl/α,β-unsaturated/α-hetero) is 1. The number of hydrogen-bond donors (Lipinski definition) is 0. The molecule has 0 saturated heterocycles. The molecule has 4 aromatic rings. The molecule has 6 heteroatoms. The molecule has 0 spiro atoms. The molecule has 150 valence electrons. The second-order valence-corrected chi connectivity index (χ2v) is 6.79. The van der Waals surface area contributed by atoms with Crippen LogP contribution in [0.3, 0.4) is 0 Å². The molecule has 0 aliphatic heterocycles. The number of nitrogens with zero attached hydrogens (tertiary/aromatic N) is 2. The maximum Gasteiger partial charge on any atom is 0.213 e. The fourth-order valence-electron chi connectivity index (χ4n) is 3.45. The van der Waals surface area contributed by atoms with E-state index in [0.29, 0.717) is 33.8 Å². The number of carbonyl (C=O) groups is 2. The van der Waals surface area contributed by atoms with Gasteiger partial charge in [0.2, 0.25) is 5.78 Å². The van der Waals surface area contributed by atoms with Crippen LogP contribution in [-0.4, -0.2) is 35.2 Å². The van der Waals surface area contributed by atoms with Crippen LogP contribution >= 0.6 is 0 Å². The third kappa shape index (κ3) is 3.33. The lowest BCUT2D eigenvalue weighted by atomic mass is 10.1. The van der Waals surface area contributed by atoms with Crippen molar-refractivity contribution in [2.75, 3.05) is 14.2 Å². The first-order chi connectivity index (χ1) is 14.5. The van der Waals surface area contributed by atoms with Gasteiger partial charge in [0.25, 0.3) is 0 Å². The molecular formula is C24H20N2O4. The van der Waals surface area contributed by atoms with Crippen molar-refractivity contribution in [1.82, 2.24) is 9.38 Å². The molecule has 0 N–H and O–H groups in total. The zero-order valence-corrected chi connectivity index (χ0v) is 16.9. The highest BCUT2D eigenvalue weighted by Gasteiger charge is 2.22. The Balaban J connectivity index is 1.88. The van der Waals surface area contributed by atoms with Crippen LogP contribution < -0.4 is 9.47 Å². The molecule has 0 saturated carbocycles. The second kappa shape index (κ2) is 7.83. The number of ketones is 2. The van der Waals surface area contributed by atoms with E-state index in [-0.39, 0.29) is 11.6 Å². The number of methoxy groups -OCH3 is 2. The van der Waals surface area contributed by atoms with E-state index in [1.54, 1.807) is 42.1 Å². The molecule has 0 fully saturated rings. The summed E-state index contributed by atoms with van der Waals surface area (Å²) in [4.78, 5) is 30.2. The second-order valence-electron chi connectivity index (χ2n) is 6.79. The summed E-state index contributed by atoms with van der Waals surface area (Å²) in [5.74, 6) is 0.583. The molecular weight excluding hydrogens is 380 g/mol. The van der Waals surface area contributed by atoms with Crippen molar-refractivity contribution in [3.63, 3.8) is 0 Å². The summed E-state index contributed by atoms with van der Waals surface area (Å²) >= 11 is 0. The fourth-order valence-corrected chi connectivity index (χ4v) is 3.45. The monoisotopic (exact) mass is 400 g/mol. The number of hydrogen-bond acceptors (Lipinski definition) is 5. The smallest absolute Gasteiger partial charge is 0.213 e. The van der Waals surface area contributed by atoms with Crippen LogP contribution in [0, 0.1) is 0 Å². The highest BCUT2D eigenvalue weighted by atomic mass is 16.5. The molecule has 2 aromatic carbocycles. The van der Waals surface area contributed by atoms with Crippen LogP contribution in [0.4, 0.5) is 0 Å². The maximum atomic E-state index is 13.3. The Kier molecular flexibility index (Phi) is 5.06. The molecule has 0 aliphatic rings. The van der Waals surface area contributed by atoms with Gasteiger partial charge in [-0.2, -0.15) is 0 Å². The van der Waals surface area contributed by atoms with E-state index in [1.165, 1.54) is 14.0 Å². The van der Waals surface area contributed by atoms with Crippen molar-refractivity contribution in [3.8, 4) is 22.8 Å². The molecule has 0 atom stereocenters. The van der Waals surface area contributed by atoms with Gasteiger partial charge in [0, 0.05) is 17.2 Å².